The zero-order valence-corrected chi connectivity index (χ0v) is 12.6. The lowest BCUT2D eigenvalue weighted by Gasteiger charge is -2.21. The summed E-state index contributed by atoms with van der Waals surface area (Å²) in [4.78, 5) is 14.8. The molecule has 0 saturated heterocycles. The summed E-state index contributed by atoms with van der Waals surface area (Å²) < 4.78 is 0. The molecule has 0 bridgehead atoms. The van der Waals surface area contributed by atoms with Gasteiger partial charge in [0.1, 0.15) is 0 Å². The van der Waals surface area contributed by atoms with Gasteiger partial charge in [0.2, 0.25) is 0 Å². The average molecular weight is 303 g/mol. The Labute approximate surface area is 133 Å². The van der Waals surface area contributed by atoms with E-state index in [4.69, 9.17) is 0 Å². The first-order valence-corrected chi connectivity index (χ1v) is 7.90. The van der Waals surface area contributed by atoms with Crippen LogP contribution in [0.25, 0.3) is 0 Å². The summed E-state index contributed by atoms with van der Waals surface area (Å²) in [7, 11) is 0. The Kier molecular flexibility index (Phi) is 3.20. The van der Waals surface area contributed by atoms with Crippen molar-refractivity contribution in [3.05, 3.63) is 83.9 Å². The first-order chi connectivity index (χ1) is 10.8. The highest BCUT2D eigenvalue weighted by atomic mass is 32.2. The molecule has 0 fully saturated rings. The van der Waals surface area contributed by atoms with Gasteiger partial charge in [-0.1, -0.05) is 54.2 Å². The minimum absolute atomic E-state index is 0.0582. The molecule has 0 atom stereocenters. The monoisotopic (exact) mass is 303 g/mol. The van der Waals surface area contributed by atoms with Crippen LogP contribution in [0.15, 0.2) is 82.6 Å². The van der Waals surface area contributed by atoms with E-state index in [2.05, 4.69) is 17.4 Å². The molecule has 106 valence electrons. The molecule has 1 aliphatic heterocycles. The largest absolute Gasteiger partial charge is 0.354 e. The fourth-order valence-electron chi connectivity index (χ4n) is 2.53. The van der Waals surface area contributed by atoms with Gasteiger partial charge in [0.05, 0.1) is 11.4 Å². The van der Waals surface area contributed by atoms with E-state index in [0.717, 1.165) is 27.4 Å². The lowest BCUT2D eigenvalue weighted by atomic mass is 10.0. The SMILES string of the molecule is O=C(c1ccccc1)c1ccc2c(c1)Sc1ccccc1N2. The van der Waals surface area contributed by atoms with Gasteiger partial charge in [-0.2, -0.15) is 0 Å². The Morgan fingerprint density at radius 2 is 1.45 bits per heavy atom. The molecular formula is C19H13NOS. The fourth-order valence-corrected chi connectivity index (χ4v) is 3.56. The summed E-state index contributed by atoms with van der Waals surface area (Å²) in [6, 6.07) is 23.4. The van der Waals surface area contributed by atoms with Crippen LogP contribution < -0.4 is 5.32 Å². The smallest absolute Gasteiger partial charge is 0.193 e. The Bertz CT molecular complexity index is 858. The van der Waals surface area contributed by atoms with E-state index in [9.17, 15) is 4.79 Å². The number of nitrogens with one attached hydrogen (secondary N) is 1. The topological polar surface area (TPSA) is 29.1 Å². The van der Waals surface area contributed by atoms with Crippen molar-refractivity contribution >= 4 is 28.9 Å². The fraction of sp³-hybridized carbons (Fsp3) is 0. The van der Waals surface area contributed by atoms with Gasteiger partial charge in [-0.15, -0.1) is 0 Å². The zero-order chi connectivity index (χ0) is 14.9. The third-order valence-electron chi connectivity index (χ3n) is 3.66. The van der Waals surface area contributed by atoms with Gasteiger partial charge in [-0.3, -0.25) is 4.79 Å². The van der Waals surface area contributed by atoms with E-state index >= 15 is 0 Å². The van der Waals surface area contributed by atoms with Crippen molar-refractivity contribution in [3.8, 4) is 0 Å². The standard InChI is InChI=1S/C19H13NOS/c21-19(13-6-2-1-3-7-13)14-10-11-16-18(12-14)22-17-9-5-4-8-15(17)20-16/h1-12,20H. The van der Waals surface area contributed by atoms with E-state index in [-0.39, 0.29) is 5.78 Å². The van der Waals surface area contributed by atoms with Gasteiger partial charge < -0.3 is 5.32 Å². The first-order valence-electron chi connectivity index (χ1n) is 7.09. The lowest BCUT2D eigenvalue weighted by molar-refractivity contribution is 0.103. The Hall–Kier alpha value is -2.52. The summed E-state index contributed by atoms with van der Waals surface area (Å²) in [5.41, 5.74) is 3.60. The van der Waals surface area contributed by atoms with E-state index in [1.165, 1.54) is 4.90 Å². The van der Waals surface area contributed by atoms with Crippen molar-refractivity contribution in [2.45, 2.75) is 9.79 Å². The highest BCUT2D eigenvalue weighted by molar-refractivity contribution is 7.99. The maximum absolute atomic E-state index is 12.5. The maximum Gasteiger partial charge on any atom is 0.193 e. The van der Waals surface area contributed by atoms with Gasteiger partial charge >= 0.3 is 0 Å². The van der Waals surface area contributed by atoms with Crippen molar-refractivity contribution in [1.82, 2.24) is 0 Å². The molecule has 3 heteroatoms. The molecule has 1 aliphatic rings. The number of anilines is 2. The normalized spacial score (nSPS) is 12.0. The van der Waals surface area contributed by atoms with Crippen molar-refractivity contribution in [1.29, 1.82) is 0 Å². The van der Waals surface area contributed by atoms with Crippen LogP contribution in [0.4, 0.5) is 11.4 Å². The molecule has 3 aromatic carbocycles. The number of hydrogen-bond donors (Lipinski definition) is 1. The number of rotatable bonds is 2. The van der Waals surface area contributed by atoms with Crippen LogP contribution in [0, 0.1) is 0 Å². The van der Waals surface area contributed by atoms with Gasteiger partial charge in [-0.05, 0) is 30.3 Å². The van der Waals surface area contributed by atoms with Crippen molar-refractivity contribution in [2.75, 3.05) is 5.32 Å². The predicted molar refractivity (Wildman–Crippen MR) is 90.2 cm³/mol. The molecule has 0 unspecified atom stereocenters. The van der Waals surface area contributed by atoms with Crippen LogP contribution in [0.2, 0.25) is 0 Å². The number of para-hydroxylation sites is 1. The Morgan fingerprint density at radius 1 is 0.727 bits per heavy atom. The third-order valence-corrected chi connectivity index (χ3v) is 4.79. The van der Waals surface area contributed by atoms with Crippen LogP contribution in [-0.2, 0) is 0 Å². The minimum atomic E-state index is 0.0582. The lowest BCUT2D eigenvalue weighted by Crippen LogP contribution is -2.04. The molecule has 22 heavy (non-hydrogen) atoms. The van der Waals surface area contributed by atoms with Crippen LogP contribution in [0.3, 0.4) is 0 Å². The molecule has 1 heterocycles. The molecule has 2 nitrogen and oxygen atoms in total. The minimum Gasteiger partial charge on any atom is -0.354 e. The number of fused-ring (bicyclic) bond motifs is 2. The second-order valence-electron chi connectivity index (χ2n) is 5.13. The predicted octanol–water partition coefficient (Wildman–Crippen LogP) is 5.13. The van der Waals surface area contributed by atoms with Gasteiger partial charge in [0, 0.05) is 20.9 Å². The van der Waals surface area contributed by atoms with E-state index in [1.54, 1.807) is 11.8 Å². The molecule has 0 spiro atoms. The molecule has 0 aliphatic carbocycles. The highest BCUT2D eigenvalue weighted by Crippen LogP contribution is 2.44. The first kappa shape index (κ1) is 13.2. The Morgan fingerprint density at radius 3 is 2.32 bits per heavy atom. The van der Waals surface area contributed by atoms with Gasteiger partial charge in [-0.25, -0.2) is 0 Å². The van der Waals surface area contributed by atoms with E-state index in [0.29, 0.717) is 0 Å². The van der Waals surface area contributed by atoms with E-state index in [1.807, 2.05) is 60.7 Å². The van der Waals surface area contributed by atoms with E-state index < -0.39 is 0 Å². The zero-order valence-electron chi connectivity index (χ0n) is 11.7. The maximum atomic E-state index is 12.5. The number of carbonyl (C=O) groups is 1. The third kappa shape index (κ3) is 2.30. The molecule has 3 aromatic rings. The molecule has 0 radical (unpaired) electrons. The number of carbonyl (C=O) groups excluding carboxylic acids is 1. The summed E-state index contributed by atoms with van der Waals surface area (Å²) in [6.45, 7) is 0. The van der Waals surface area contributed by atoms with Crippen LogP contribution in [-0.4, -0.2) is 5.78 Å². The highest BCUT2D eigenvalue weighted by Gasteiger charge is 2.17. The molecule has 0 amide bonds. The summed E-state index contributed by atoms with van der Waals surface area (Å²) >= 11 is 1.69. The van der Waals surface area contributed by atoms with Gasteiger partial charge in [0.15, 0.2) is 5.78 Å². The number of hydrogen-bond acceptors (Lipinski definition) is 3. The molecule has 4 rings (SSSR count). The van der Waals surface area contributed by atoms with Gasteiger partial charge in [0.25, 0.3) is 0 Å². The van der Waals surface area contributed by atoms with Crippen molar-refractivity contribution in [2.24, 2.45) is 0 Å². The molecule has 0 saturated carbocycles. The second kappa shape index (κ2) is 5.35. The molecular weight excluding hydrogens is 290 g/mol. The summed E-state index contributed by atoms with van der Waals surface area (Å²) in [5, 5.41) is 3.41. The second-order valence-corrected chi connectivity index (χ2v) is 6.21. The summed E-state index contributed by atoms with van der Waals surface area (Å²) in [5.74, 6) is 0.0582. The van der Waals surface area contributed by atoms with Crippen LogP contribution in [0.5, 0.6) is 0 Å². The van der Waals surface area contributed by atoms with Crippen LogP contribution in [0.1, 0.15) is 15.9 Å². The van der Waals surface area contributed by atoms with Crippen molar-refractivity contribution in [3.63, 3.8) is 0 Å². The molecule has 1 N–H and O–H groups in total. The molecule has 0 aromatic heterocycles. The summed E-state index contributed by atoms with van der Waals surface area (Å²) in [6.07, 6.45) is 0. The number of ketones is 1. The van der Waals surface area contributed by atoms with Crippen LogP contribution >= 0.6 is 11.8 Å². The Balaban J connectivity index is 1.70. The van der Waals surface area contributed by atoms with Crippen molar-refractivity contribution < 1.29 is 4.79 Å². The quantitative estimate of drug-likeness (QED) is 0.521. The number of benzene rings is 3. The average Bonchev–Trinajstić information content (AvgIpc) is 2.59.